The molecule has 5 N–H and O–H groups in total. The molecule has 2 aromatic rings. The predicted molar refractivity (Wildman–Crippen MR) is 120 cm³/mol. The van der Waals surface area contributed by atoms with Gasteiger partial charge in [0.05, 0.1) is 25.1 Å². The molecule has 2 heterocycles. The number of anilines is 2. The minimum absolute atomic E-state index is 0.0520. The van der Waals surface area contributed by atoms with Crippen LogP contribution >= 0.6 is 0 Å². The first kappa shape index (κ1) is 21.6. The molecule has 0 aliphatic carbocycles. The molecule has 0 spiro atoms. The summed E-state index contributed by atoms with van der Waals surface area (Å²) in [5.74, 6) is -1.73. The molecule has 2 aromatic carbocycles. The lowest BCUT2D eigenvalue weighted by atomic mass is 9.81. The van der Waals surface area contributed by atoms with Gasteiger partial charge in [-0.15, -0.1) is 0 Å². The summed E-state index contributed by atoms with van der Waals surface area (Å²) >= 11 is 0. The second-order valence-corrected chi connectivity index (χ2v) is 8.17. The van der Waals surface area contributed by atoms with E-state index in [1.807, 2.05) is 44.2 Å². The van der Waals surface area contributed by atoms with Crippen molar-refractivity contribution in [1.82, 2.24) is 16.0 Å². The minimum atomic E-state index is -0.789. The molecule has 3 amide bonds. The fraction of sp³-hybridized carbons (Fsp3) is 0.348. The largest absolute Gasteiger partial charge is 0.497 e. The maximum Gasteiger partial charge on any atom is 0.229 e. The van der Waals surface area contributed by atoms with Crippen LogP contribution in [-0.4, -0.2) is 37.3 Å². The van der Waals surface area contributed by atoms with Crippen LogP contribution in [0.4, 0.5) is 11.4 Å². The summed E-state index contributed by atoms with van der Waals surface area (Å²) < 4.78 is 5.15. The SMILES string of the molecule is COc1ccc(NC2NC(=O)C3C(NC(=O)CC3C(=O)Nc3cc(C)ccc3C)N2)cc1. The fourth-order valence-corrected chi connectivity index (χ4v) is 4.10. The molecule has 32 heavy (non-hydrogen) atoms. The van der Waals surface area contributed by atoms with Crippen LogP contribution in [0.1, 0.15) is 17.5 Å². The summed E-state index contributed by atoms with van der Waals surface area (Å²) in [5, 5.41) is 14.9. The van der Waals surface area contributed by atoms with E-state index in [0.717, 1.165) is 16.8 Å². The van der Waals surface area contributed by atoms with Gasteiger partial charge < -0.3 is 26.0 Å². The molecule has 2 aliphatic heterocycles. The number of carbonyl (C=O) groups excluding carboxylic acids is 3. The smallest absolute Gasteiger partial charge is 0.229 e. The van der Waals surface area contributed by atoms with E-state index < -0.39 is 24.3 Å². The van der Waals surface area contributed by atoms with Crippen LogP contribution in [0.2, 0.25) is 0 Å². The molecule has 168 valence electrons. The molecule has 4 unspecified atom stereocenters. The van der Waals surface area contributed by atoms with Crippen molar-refractivity contribution < 1.29 is 19.1 Å². The number of hydrogen-bond acceptors (Lipinski definition) is 6. The fourth-order valence-electron chi connectivity index (χ4n) is 4.10. The third-order valence-electron chi connectivity index (χ3n) is 5.84. The first-order valence-electron chi connectivity index (χ1n) is 10.5. The second kappa shape index (κ2) is 8.88. The number of nitrogens with one attached hydrogen (secondary N) is 5. The molecule has 2 saturated heterocycles. The Morgan fingerprint density at radius 3 is 2.53 bits per heavy atom. The molecule has 9 nitrogen and oxygen atoms in total. The zero-order chi connectivity index (χ0) is 22.8. The van der Waals surface area contributed by atoms with Crippen LogP contribution in [0.5, 0.6) is 5.75 Å². The van der Waals surface area contributed by atoms with E-state index in [9.17, 15) is 14.4 Å². The van der Waals surface area contributed by atoms with Gasteiger partial charge in [0.15, 0.2) is 6.29 Å². The standard InChI is InChI=1S/C23H27N5O4/c1-12-4-5-13(2)17(10-12)25-21(30)16-11-18(29)26-20-19(16)22(31)28-23(27-20)24-14-6-8-15(32-3)9-7-14/h4-10,16,19-20,23-24,27H,11H2,1-3H3,(H,25,30)(H,26,29)(H,28,31). The van der Waals surface area contributed by atoms with Gasteiger partial charge >= 0.3 is 0 Å². The van der Waals surface area contributed by atoms with E-state index in [-0.39, 0.29) is 24.1 Å². The molecule has 4 atom stereocenters. The van der Waals surface area contributed by atoms with Gasteiger partial charge in [0.2, 0.25) is 17.7 Å². The Morgan fingerprint density at radius 2 is 1.81 bits per heavy atom. The second-order valence-electron chi connectivity index (χ2n) is 8.17. The highest BCUT2D eigenvalue weighted by atomic mass is 16.5. The van der Waals surface area contributed by atoms with Gasteiger partial charge in [-0.25, -0.2) is 0 Å². The lowest BCUT2D eigenvalue weighted by Gasteiger charge is -2.43. The Bertz CT molecular complexity index is 1040. The van der Waals surface area contributed by atoms with Gasteiger partial charge in [-0.3, -0.25) is 19.7 Å². The molecule has 2 aliphatic rings. The Balaban J connectivity index is 1.48. The molecule has 2 fully saturated rings. The van der Waals surface area contributed by atoms with Gasteiger partial charge in [0.25, 0.3) is 0 Å². The zero-order valence-electron chi connectivity index (χ0n) is 18.2. The molecular weight excluding hydrogens is 410 g/mol. The van der Waals surface area contributed by atoms with Gasteiger partial charge in [0, 0.05) is 17.8 Å². The van der Waals surface area contributed by atoms with Crippen molar-refractivity contribution in [3.63, 3.8) is 0 Å². The first-order valence-corrected chi connectivity index (χ1v) is 10.5. The summed E-state index contributed by atoms with van der Waals surface area (Å²) in [7, 11) is 1.59. The van der Waals surface area contributed by atoms with Crippen LogP contribution in [0.15, 0.2) is 42.5 Å². The molecule has 0 bridgehead atoms. The van der Waals surface area contributed by atoms with E-state index in [4.69, 9.17) is 4.74 Å². The number of benzene rings is 2. The first-order chi connectivity index (χ1) is 15.3. The molecule has 9 heteroatoms. The Hall–Kier alpha value is -3.59. The predicted octanol–water partition coefficient (Wildman–Crippen LogP) is 1.44. The van der Waals surface area contributed by atoms with Crippen LogP contribution in [-0.2, 0) is 14.4 Å². The lowest BCUT2D eigenvalue weighted by molar-refractivity contribution is -0.144. The van der Waals surface area contributed by atoms with Gasteiger partial charge in [-0.1, -0.05) is 12.1 Å². The van der Waals surface area contributed by atoms with Gasteiger partial charge in [-0.05, 0) is 55.3 Å². The van der Waals surface area contributed by atoms with E-state index in [0.29, 0.717) is 11.4 Å². The normalized spacial score (nSPS) is 24.6. The van der Waals surface area contributed by atoms with Crippen molar-refractivity contribution in [2.45, 2.75) is 32.7 Å². The summed E-state index contributed by atoms with van der Waals surface area (Å²) in [4.78, 5) is 38.4. The van der Waals surface area contributed by atoms with Gasteiger partial charge in [-0.2, -0.15) is 0 Å². The Kier molecular flexibility index (Phi) is 6.00. The van der Waals surface area contributed by atoms with Crippen LogP contribution in [0.25, 0.3) is 0 Å². The zero-order valence-corrected chi connectivity index (χ0v) is 18.2. The summed E-state index contributed by atoms with van der Waals surface area (Å²) in [6, 6.07) is 13.0. The average molecular weight is 438 g/mol. The molecule has 4 rings (SSSR count). The van der Waals surface area contributed by atoms with Crippen molar-refractivity contribution in [3.8, 4) is 5.75 Å². The monoisotopic (exact) mass is 437 g/mol. The van der Waals surface area contributed by atoms with Crippen molar-refractivity contribution in [2.75, 3.05) is 17.7 Å². The maximum absolute atomic E-state index is 13.1. The number of ether oxygens (including phenoxy) is 1. The molecule has 0 saturated carbocycles. The van der Waals surface area contributed by atoms with Crippen LogP contribution in [0.3, 0.4) is 0 Å². The number of fused-ring (bicyclic) bond motifs is 1. The van der Waals surface area contributed by atoms with E-state index in [1.54, 1.807) is 19.2 Å². The number of carbonyl (C=O) groups is 3. The summed E-state index contributed by atoms with van der Waals surface area (Å²) in [6.45, 7) is 3.84. The van der Waals surface area contributed by atoms with E-state index >= 15 is 0 Å². The van der Waals surface area contributed by atoms with E-state index in [2.05, 4.69) is 26.6 Å². The highest BCUT2D eigenvalue weighted by molar-refractivity contribution is 6.00. The molecule has 0 radical (unpaired) electrons. The quantitative estimate of drug-likeness (QED) is 0.483. The van der Waals surface area contributed by atoms with Crippen molar-refractivity contribution in [2.24, 2.45) is 11.8 Å². The van der Waals surface area contributed by atoms with Crippen molar-refractivity contribution in [3.05, 3.63) is 53.6 Å². The summed E-state index contributed by atoms with van der Waals surface area (Å²) in [6.07, 6.45) is -1.34. The van der Waals surface area contributed by atoms with Crippen LogP contribution in [0, 0.1) is 25.7 Å². The van der Waals surface area contributed by atoms with Gasteiger partial charge in [0.1, 0.15) is 5.75 Å². The Morgan fingerprint density at radius 1 is 1.06 bits per heavy atom. The molecule has 0 aromatic heterocycles. The number of amides is 3. The molecular formula is C23H27N5O4. The topological polar surface area (TPSA) is 121 Å². The highest BCUT2D eigenvalue weighted by Gasteiger charge is 2.48. The Labute approximate surface area is 186 Å². The minimum Gasteiger partial charge on any atom is -0.497 e. The third kappa shape index (κ3) is 4.52. The average Bonchev–Trinajstić information content (AvgIpc) is 2.76. The van der Waals surface area contributed by atoms with Crippen molar-refractivity contribution in [1.29, 1.82) is 0 Å². The lowest BCUT2D eigenvalue weighted by Crippen LogP contribution is -2.72. The highest BCUT2D eigenvalue weighted by Crippen LogP contribution is 2.29. The number of hydrogen-bond donors (Lipinski definition) is 5. The summed E-state index contributed by atoms with van der Waals surface area (Å²) in [5.41, 5.74) is 3.36. The number of aryl methyl sites for hydroxylation is 2. The maximum atomic E-state index is 13.1. The number of methoxy groups -OCH3 is 1. The number of rotatable bonds is 5. The van der Waals surface area contributed by atoms with Crippen molar-refractivity contribution >= 4 is 29.1 Å². The number of piperidine rings is 1. The van der Waals surface area contributed by atoms with Crippen LogP contribution < -0.4 is 31.3 Å². The van der Waals surface area contributed by atoms with E-state index in [1.165, 1.54) is 0 Å². The third-order valence-corrected chi connectivity index (χ3v) is 5.84.